The smallest absolute Gasteiger partial charge is 0.339 e. The molecule has 1 saturated carbocycles. The minimum absolute atomic E-state index is 0.213. The number of rotatable bonds is 6. The summed E-state index contributed by atoms with van der Waals surface area (Å²) in [6, 6.07) is 13.8. The fraction of sp³-hybridized carbons (Fsp3) is 0.174. The summed E-state index contributed by atoms with van der Waals surface area (Å²) < 4.78 is 2.18. The highest BCUT2D eigenvalue weighted by atomic mass is 16.4. The molecule has 0 aliphatic heterocycles. The van der Waals surface area contributed by atoms with Gasteiger partial charge in [-0.3, -0.25) is 4.98 Å². The first-order valence-corrected chi connectivity index (χ1v) is 9.65. The van der Waals surface area contributed by atoms with E-state index < -0.39 is 5.97 Å². The quantitative estimate of drug-likeness (QED) is 0.499. The van der Waals surface area contributed by atoms with Crippen LogP contribution in [-0.4, -0.2) is 25.6 Å². The third-order valence-corrected chi connectivity index (χ3v) is 5.32. The minimum Gasteiger partial charge on any atom is -0.478 e. The maximum absolute atomic E-state index is 11.7. The summed E-state index contributed by atoms with van der Waals surface area (Å²) in [6.45, 7) is 0.770. The van der Waals surface area contributed by atoms with Crippen molar-refractivity contribution in [3.8, 4) is 0 Å². The van der Waals surface area contributed by atoms with Gasteiger partial charge in [0.1, 0.15) is 11.4 Å². The number of carboxylic acid groups (broad SMARTS) is 1. The third-order valence-electron chi connectivity index (χ3n) is 5.32. The standard InChI is InChI=1S/C23H20N4O2/c28-23(29)20-12-18(16-1-2-16)13-25-22(20)26-19-3-4-21-17(11-19)7-10-27(21)14-15-5-8-24-9-6-15/h3-13,16H,1-2,14H2,(H,25,26)(H,28,29). The molecule has 3 aromatic heterocycles. The fourth-order valence-electron chi connectivity index (χ4n) is 3.62. The van der Waals surface area contributed by atoms with E-state index >= 15 is 0 Å². The summed E-state index contributed by atoms with van der Waals surface area (Å²) in [7, 11) is 0. The Morgan fingerprint density at radius 1 is 1.14 bits per heavy atom. The second-order valence-corrected chi connectivity index (χ2v) is 7.44. The van der Waals surface area contributed by atoms with Gasteiger partial charge in [0.2, 0.25) is 0 Å². The van der Waals surface area contributed by atoms with Gasteiger partial charge in [0.25, 0.3) is 0 Å². The third kappa shape index (κ3) is 3.57. The first kappa shape index (κ1) is 17.4. The van der Waals surface area contributed by atoms with Crippen molar-refractivity contribution in [2.75, 3.05) is 5.32 Å². The Bertz CT molecular complexity index is 1200. The molecule has 0 unspecified atom stereocenters. The topological polar surface area (TPSA) is 80.0 Å². The second kappa shape index (κ2) is 7.05. The molecule has 0 saturated heterocycles. The van der Waals surface area contributed by atoms with E-state index in [1.165, 1.54) is 5.56 Å². The van der Waals surface area contributed by atoms with E-state index in [-0.39, 0.29) is 5.56 Å². The monoisotopic (exact) mass is 384 g/mol. The van der Waals surface area contributed by atoms with Gasteiger partial charge >= 0.3 is 5.97 Å². The van der Waals surface area contributed by atoms with Crippen molar-refractivity contribution in [1.82, 2.24) is 14.5 Å². The number of benzene rings is 1. The predicted molar refractivity (Wildman–Crippen MR) is 112 cm³/mol. The zero-order valence-corrected chi connectivity index (χ0v) is 15.7. The molecule has 144 valence electrons. The van der Waals surface area contributed by atoms with Crippen LogP contribution < -0.4 is 5.32 Å². The molecule has 1 aliphatic carbocycles. The van der Waals surface area contributed by atoms with Crippen molar-refractivity contribution in [3.63, 3.8) is 0 Å². The summed E-state index contributed by atoms with van der Waals surface area (Å²) in [5.41, 5.74) is 4.34. The molecular formula is C23H20N4O2. The molecule has 6 heteroatoms. The van der Waals surface area contributed by atoms with Gasteiger partial charge in [0.15, 0.2) is 0 Å². The van der Waals surface area contributed by atoms with E-state index in [9.17, 15) is 9.90 Å². The highest BCUT2D eigenvalue weighted by Gasteiger charge is 2.26. The number of aromatic carboxylic acids is 1. The Labute approximate surface area is 167 Å². The molecule has 5 rings (SSSR count). The van der Waals surface area contributed by atoms with Crippen molar-refractivity contribution < 1.29 is 9.90 Å². The van der Waals surface area contributed by atoms with Crippen LogP contribution in [0, 0.1) is 0 Å². The molecule has 29 heavy (non-hydrogen) atoms. The van der Waals surface area contributed by atoms with Crippen molar-refractivity contribution in [1.29, 1.82) is 0 Å². The molecule has 1 aromatic carbocycles. The average molecular weight is 384 g/mol. The van der Waals surface area contributed by atoms with Crippen molar-refractivity contribution in [2.24, 2.45) is 0 Å². The molecule has 3 heterocycles. The summed E-state index contributed by atoms with van der Waals surface area (Å²) >= 11 is 0. The number of carbonyl (C=O) groups is 1. The molecule has 0 spiro atoms. The van der Waals surface area contributed by atoms with Crippen molar-refractivity contribution in [2.45, 2.75) is 25.3 Å². The van der Waals surface area contributed by atoms with Crippen LogP contribution in [0.25, 0.3) is 10.9 Å². The molecule has 2 N–H and O–H groups in total. The lowest BCUT2D eigenvalue weighted by molar-refractivity contribution is 0.0697. The number of aromatic nitrogens is 3. The number of carboxylic acids is 1. The predicted octanol–water partition coefficient (Wildman–Crippen LogP) is 4.80. The highest BCUT2D eigenvalue weighted by Crippen LogP contribution is 2.40. The second-order valence-electron chi connectivity index (χ2n) is 7.44. The van der Waals surface area contributed by atoms with Gasteiger partial charge in [-0.15, -0.1) is 0 Å². The van der Waals surface area contributed by atoms with E-state index in [2.05, 4.69) is 32.1 Å². The molecule has 0 radical (unpaired) electrons. The lowest BCUT2D eigenvalue weighted by Gasteiger charge is -2.11. The lowest BCUT2D eigenvalue weighted by atomic mass is 10.1. The molecule has 0 amide bonds. The van der Waals surface area contributed by atoms with Crippen LogP contribution in [0.15, 0.2) is 67.3 Å². The number of nitrogens with one attached hydrogen (secondary N) is 1. The van der Waals surface area contributed by atoms with Gasteiger partial charge in [-0.25, -0.2) is 9.78 Å². The number of anilines is 2. The van der Waals surface area contributed by atoms with Gasteiger partial charge in [0.05, 0.1) is 0 Å². The van der Waals surface area contributed by atoms with Crippen molar-refractivity contribution in [3.05, 3.63) is 83.9 Å². The molecule has 1 aliphatic rings. The number of hydrogen-bond acceptors (Lipinski definition) is 4. The Morgan fingerprint density at radius 3 is 2.72 bits per heavy atom. The largest absolute Gasteiger partial charge is 0.478 e. The van der Waals surface area contributed by atoms with E-state index in [4.69, 9.17) is 0 Å². The fourth-order valence-corrected chi connectivity index (χ4v) is 3.62. The van der Waals surface area contributed by atoms with E-state index in [0.717, 1.165) is 41.5 Å². The number of pyridine rings is 2. The van der Waals surface area contributed by atoms with Crippen LogP contribution >= 0.6 is 0 Å². The number of hydrogen-bond donors (Lipinski definition) is 2. The van der Waals surface area contributed by atoms with Gasteiger partial charge < -0.3 is 15.0 Å². The van der Waals surface area contributed by atoms with Crippen LogP contribution in [-0.2, 0) is 6.54 Å². The van der Waals surface area contributed by atoms with E-state index in [0.29, 0.717) is 11.7 Å². The van der Waals surface area contributed by atoms with Crippen LogP contribution in [0.2, 0.25) is 0 Å². The number of nitrogens with zero attached hydrogens (tertiary/aromatic N) is 3. The minimum atomic E-state index is -0.966. The Balaban J connectivity index is 1.42. The maximum atomic E-state index is 11.7. The molecule has 0 bridgehead atoms. The Hall–Kier alpha value is -3.67. The van der Waals surface area contributed by atoms with Gasteiger partial charge in [-0.1, -0.05) is 0 Å². The average Bonchev–Trinajstić information content (AvgIpc) is 3.51. The Morgan fingerprint density at radius 2 is 1.97 bits per heavy atom. The van der Waals surface area contributed by atoms with Gasteiger partial charge in [-0.2, -0.15) is 0 Å². The summed E-state index contributed by atoms with van der Waals surface area (Å²) in [5, 5.41) is 13.9. The molecule has 6 nitrogen and oxygen atoms in total. The van der Waals surface area contributed by atoms with Crippen LogP contribution in [0.4, 0.5) is 11.5 Å². The highest BCUT2D eigenvalue weighted by molar-refractivity contribution is 5.94. The SMILES string of the molecule is O=C(O)c1cc(C2CC2)cnc1Nc1ccc2c(ccn2Cc2ccncc2)c1. The zero-order chi connectivity index (χ0) is 19.8. The zero-order valence-electron chi connectivity index (χ0n) is 15.7. The van der Waals surface area contributed by atoms with E-state index in [1.807, 2.05) is 30.3 Å². The summed E-state index contributed by atoms with van der Waals surface area (Å²) in [5.74, 6) is -0.129. The Kier molecular flexibility index (Phi) is 4.24. The molecular weight excluding hydrogens is 364 g/mol. The molecule has 4 aromatic rings. The first-order valence-electron chi connectivity index (χ1n) is 9.65. The molecule has 1 fully saturated rings. The maximum Gasteiger partial charge on any atom is 0.339 e. The van der Waals surface area contributed by atoms with E-state index in [1.54, 1.807) is 24.7 Å². The van der Waals surface area contributed by atoms with Crippen LogP contribution in [0.3, 0.4) is 0 Å². The normalized spacial score (nSPS) is 13.5. The first-order chi connectivity index (χ1) is 14.2. The lowest BCUT2D eigenvalue weighted by Crippen LogP contribution is -2.06. The molecule has 0 atom stereocenters. The van der Waals surface area contributed by atoms with Gasteiger partial charge in [0, 0.05) is 47.9 Å². The summed E-state index contributed by atoms with van der Waals surface area (Å²) in [6.07, 6.45) is 9.66. The van der Waals surface area contributed by atoms with Crippen LogP contribution in [0.1, 0.15) is 40.2 Å². The van der Waals surface area contributed by atoms with Gasteiger partial charge in [-0.05, 0) is 72.4 Å². The summed E-state index contributed by atoms with van der Waals surface area (Å²) in [4.78, 5) is 20.2. The number of fused-ring (bicyclic) bond motifs is 1. The van der Waals surface area contributed by atoms with Crippen LogP contribution in [0.5, 0.6) is 0 Å². The van der Waals surface area contributed by atoms with Crippen molar-refractivity contribution >= 4 is 28.4 Å².